The zero-order chi connectivity index (χ0) is 13.2. The average Bonchev–Trinajstić information content (AvgIpc) is 3.16. The van der Waals surface area contributed by atoms with Crippen LogP contribution in [0.25, 0.3) is 0 Å². The first-order chi connectivity index (χ1) is 9.22. The van der Waals surface area contributed by atoms with Crippen LogP contribution >= 0.6 is 0 Å². The third-order valence-corrected chi connectivity index (χ3v) is 2.87. The first-order valence-corrected chi connectivity index (χ1v) is 6.01. The van der Waals surface area contributed by atoms with Gasteiger partial charge in [-0.05, 0) is 31.0 Å². The van der Waals surface area contributed by atoms with Crippen LogP contribution in [0.3, 0.4) is 0 Å². The Kier molecular flexibility index (Phi) is 2.91. The number of rotatable bonds is 5. The first kappa shape index (κ1) is 11.7. The summed E-state index contributed by atoms with van der Waals surface area (Å²) in [5, 5.41) is 12.7. The second kappa shape index (κ2) is 4.72. The van der Waals surface area contributed by atoms with Gasteiger partial charge in [0.1, 0.15) is 5.75 Å². The third kappa shape index (κ3) is 2.73. The number of carbonyl (C=O) groups is 1. The normalized spacial score (nSPS) is 14.3. The Hall–Kier alpha value is -2.37. The molecule has 1 fully saturated rings. The summed E-state index contributed by atoms with van der Waals surface area (Å²) in [6.45, 7) is 0.142. The molecule has 0 bridgehead atoms. The average molecular weight is 260 g/mol. The molecule has 0 spiro atoms. The minimum Gasteiger partial charge on any atom is -0.484 e. The van der Waals surface area contributed by atoms with Crippen molar-refractivity contribution in [3.8, 4) is 5.75 Å². The second-order valence-electron chi connectivity index (χ2n) is 4.44. The van der Waals surface area contributed by atoms with Crippen LogP contribution in [-0.2, 0) is 6.61 Å². The molecule has 1 aromatic heterocycles. The minimum absolute atomic E-state index is 0.142. The quantitative estimate of drug-likeness (QED) is 0.887. The topological polar surface area (TPSA) is 85.5 Å². The molecule has 0 radical (unpaired) electrons. The predicted octanol–water partition coefficient (Wildman–Crippen LogP) is 2.22. The van der Waals surface area contributed by atoms with E-state index in [0.29, 0.717) is 17.6 Å². The van der Waals surface area contributed by atoms with Crippen LogP contribution < -0.4 is 4.74 Å². The summed E-state index contributed by atoms with van der Waals surface area (Å²) >= 11 is 0. The fraction of sp³-hybridized carbons (Fsp3) is 0.308. The number of ether oxygens (including phenoxy) is 1. The first-order valence-electron chi connectivity index (χ1n) is 6.01. The van der Waals surface area contributed by atoms with Crippen LogP contribution in [0, 0.1) is 0 Å². The Bertz CT molecular complexity index is 604. The van der Waals surface area contributed by atoms with Crippen LogP contribution in [0.15, 0.2) is 28.8 Å². The largest absolute Gasteiger partial charge is 0.484 e. The Morgan fingerprint density at radius 3 is 3.05 bits per heavy atom. The molecule has 2 aromatic rings. The van der Waals surface area contributed by atoms with Gasteiger partial charge in [-0.2, -0.15) is 4.98 Å². The van der Waals surface area contributed by atoms with E-state index in [4.69, 9.17) is 14.4 Å². The van der Waals surface area contributed by atoms with Crippen molar-refractivity contribution in [2.45, 2.75) is 25.4 Å². The molecule has 3 rings (SSSR count). The van der Waals surface area contributed by atoms with E-state index >= 15 is 0 Å². The lowest BCUT2D eigenvalue weighted by Gasteiger charge is -2.03. The molecule has 1 aliphatic rings. The van der Waals surface area contributed by atoms with Crippen molar-refractivity contribution < 1.29 is 19.2 Å². The molecule has 6 heteroatoms. The molecule has 0 unspecified atom stereocenters. The number of aromatic carboxylic acids is 1. The zero-order valence-corrected chi connectivity index (χ0v) is 10.1. The van der Waals surface area contributed by atoms with Gasteiger partial charge in [0.05, 0.1) is 5.56 Å². The maximum Gasteiger partial charge on any atom is 0.335 e. The maximum atomic E-state index is 10.8. The lowest BCUT2D eigenvalue weighted by atomic mass is 10.2. The highest BCUT2D eigenvalue weighted by Crippen LogP contribution is 2.38. The Balaban J connectivity index is 1.64. The SMILES string of the molecule is O=C(O)c1cccc(OCc2nc(C3CC3)no2)c1. The van der Waals surface area contributed by atoms with Gasteiger partial charge < -0.3 is 14.4 Å². The van der Waals surface area contributed by atoms with Crippen molar-refractivity contribution in [1.29, 1.82) is 0 Å². The van der Waals surface area contributed by atoms with Crippen LogP contribution in [0.5, 0.6) is 5.75 Å². The number of carboxylic acid groups (broad SMARTS) is 1. The van der Waals surface area contributed by atoms with Gasteiger partial charge in [0.25, 0.3) is 5.89 Å². The van der Waals surface area contributed by atoms with Crippen molar-refractivity contribution in [1.82, 2.24) is 10.1 Å². The van der Waals surface area contributed by atoms with E-state index in [0.717, 1.165) is 18.7 Å². The van der Waals surface area contributed by atoms with Gasteiger partial charge in [0.2, 0.25) is 0 Å². The molecule has 0 atom stereocenters. The number of benzene rings is 1. The Morgan fingerprint density at radius 1 is 1.47 bits per heavy atom. The van der Waals surface area contributed by atoms with E-state index in [2.05, 4.69) is 10.1 Å². The predicted molar refractivity (Wildman–Crippen MR) is 64.0 cm³/mol. The third-order valence-electron chi connectivity index (χ3n) is 2.87. The molecule has 6 nitrogen and oxygen atoms in total. The highest BCUT2D eigenvalue weighted by atomic mass is 16.5. The van der Waals surface area contributed by atoms with E-state index < -0.39 is 5.97 Å². The summed E-state index contributed by atoms with van der Waals surface area (Å²) in [5.74, 6) is 1.05. The highest BCUT2D eigenvalue weighted by molar-refractivity contribution is 5.87. The van der Waals surface area contributed by atoms with Gasteiger partial charge in [0, 0.05) is 5.92 Å². The Labute approximate surface area is 109 Å². The van der Waals surface area contributed by atoms with E-state index in [1.165, 1.54) is 12.1 Å². The van der Waals surface area contributed by atoms with Crippen molar-refractivity contribution in [2.75, 3.05) is 0 Å². The van der Waals surface area contributed by atoms with Gasteiger partial charge >= 0.3 is 5.97 Å². The number of hydrogen-bond donors (Lipinski definition) is 1. The molecule has 0 amide bonds. The monoisotopic (exact) mass is 260 g/mol. The molecule has 98 valence electrons. The smallest absolute Gasteiger partial charge is 0.335 e. The fourth-order valence-corrected chi connectivity index (χ4v) is 1.70. The van der Waals surface area contributed by atoms with Crippen LogP contribution in [0.4, 0.5) is 0 Å². The molecular formula is C13H12N2O4. The molecule has 1 aromatic carbocycles. The molecule has 1 heterocycles. The number of hydrogen-bond acceptors (Lipinski definition) is 5. The van der Waals surface area contributed by atoms with Crippen LogP contribution in [-0.4, -0.2) is 21.2 Å². The second-order valence-corrected chi connectivity index (χ2v) is 4.44. The standard InChI is InChI=1S/C13H12N2O4/c16-13(17)9-2-1-3-10(6-9)18-7-11-14-12(15-19-11)8-4-5-8/h1-3,6,8H,4-5,7H2,(H,16,17). The summed E-state index contributed by atoms with van der Waals surface area (Å²) in [6.07, 6.45) is 2.22. The highest BCUT2D eigenvalue weighted by Gasteiger charge is 2.28. The molecule has 0 saturated heterocycles. The van der Waals surface area contributed by atoms with E-state index in [1.54, 1.807) is 12.1 Å². The minimum atomic E-state index is -0.987. The summed E-state index contributed by atoms with van der Waals surface area (Å²) in [4.78, 5) is 15.0. The number of aromatic nitrogens is 2. The summed E-state index contributed by atoms with van der Waals surface area (Å²) in [6, 6.07) is 6.28. The molecule has 1 N–H and O–H groups in total. The maximum absolute atomic E-state index is 10.8. The van der Waals surface area contributed by atoms with Crippen molar-refractivity contribution in [2.24, 2.45) is 0 Å². The fourth-order valence-electron chi connectivity index (χ4n) is 1.70. The lowest BCUT2D eigenvalue weighted by molar-refractivity contribution is 0.0696. The molecule has 0 aliphatic heterocycles. The van der Waals surface area contributed by atoms with Gasteiger partial charge in [-0.15, -0.1) is 0 Å². The zero-order valence-electron chi connectivity index (χ0n) is 10.1. The summed E-state index contributed by atoms with van der Waals surface area (Å²) < 4.78 is 10.5. The van der Waals surface area contributed by atoms with E-state index in [-0.39, 0.29) is 12.2 Å². The number of nitrogens with zero attached hydrogens (tertiary/aromatic N) is 2. The van der Waals surface area contributed by atoms with Crippen molar-refractivity contribution in [3.63, 3.8) is 0 Å². The molecule has 1 saturated carbocycles. The van der Waals surface area contributed by atoms with Gasteiger partial charge in [-0.3, -0.25) is 0 Å². The molecular weight excluding hydrogens is 248 g/mol. The van der Waals surface area contributed by atoms with Crippen molar-refractivity contribution >= 4 is 5.97 Å². The van der Waals surface area contributed by atoms with E-state index in [1.807, 2.05) is 0 Å². The van der Waals surface area contributed by atoms with Gasteiger partial charge in [-0.25, -0.2) is 4.79 Å². The summed E-state index contributed by atoms with van der Waals surface area (Å²) in [7, 11) is 0. The van der Waals surface area contributed by atoms with E-state index in [9.17, 15) is 4.79 Å². The van der Waals surface area contributed by atoms with Crippen LogP contribution in [0.1, 0.15) is 40.8 Å². The Morgan fingerprint density at radius 2 is 2.32 bits per heavy atom. The molecule has 19 heavy (non-hydrogen) atoms. The van der Waals surface area contributed by atoms with Gasteiger partial charge in [0.15, 0.2) is 12.4 Å². The molecule has 1 aliphatic carbocycles. The lowest BCUT2D eigenvalue weighted by Crippen LogP contribution is -1.99. The van der Waals surface area contributed by atoms with Crippen LogP contribution in [0.2, 0.25) is 0 Å². The summed E-state index contributed by atoms with van der Waals surface area (Å²) in [5.41, 5.74) is 0.182. The van der Waals surface area contributed by atoms with Crippen molar-refractivity contribution in [3.05, 3.63) is 41.5 Å². The number of carboxylic acids is 1. The van der Waals surface area contributed by atoms with Gasteiger partial charge in [-0.1, -0.05) is 11.2 Å².